The zero-order valence-corrected chi connectivity index (χ0v) is 13.0. The summed E-state index contributed by atoms with van der Waals surface area (Å²) in [4.78, 5) is 0. The van der Waals surface area contributed by atoms with Crippen LogP contribution in [0.15, 0.2) is 24.3 Å². The van der Waals surface area contributed by atoms with Gasteiger partial charge in [0.05, 0.1) is 0 Å². The molecule has 1 aliphatic heterocycles. The number of ether oxygens (including phenoxy) is 1. The molecule has 0 amide bonds. The van der Waals surface area contributed by atoms with E-state index in [0.29, 0.717) is 6.04 Å². The minimum absolute atomic E-state index is 0.653. The van der Waals surface area contributed by atoms with Crippen LogP contribution in [0, 0.1) is 12.8 Å². The van der Waals surface area contributed by atoms with E-state index in [1.165, 1.54) is 43.2 Å². The lowest BCUT2D eigenvalue weighted by Crippen LogP contribution is -2.39. The average Bonchev–Trinajstić information content (AvgIpc) is 2.50. The molecule has 1 saturated heterocycles. The third kappa shape index (κ3) is 4.92. The maximum Gasteiger partial charge on any atom is 0.0469 e. The fourth-order valence-corrected chi connectivity index (χ4v) is 3.03. The van der Waals surface area contributed by atoms with E-state index in [1.807, 2.05) is 0 Å². The van der Waals surface area contributed by atoms with Gasteiger partial charge in [-0.25, -0.2) is 0 Å². The van der Waals surface area contributed by atoms with Gasteiger partial charge < -0.3 is 10.1 Å². The van der Waals surface area contributed by atoms with E-state index in [4.69, 9.17) is 4.74 Å². The first-order valence-electron chi connectivity index (χ1n) is 8.16. The van der Waals surface area contributed by atoms with Gasteiger partial charge in [-0.1, -0.05) is 36.8 Å². The van der Waals surface area contributed by atoms with Crippen molar-refractivity contribution in [3.63, 3.8) is 0 Å². The molecule has 20 heavy (non-hydrogen) atoms. The van der Waals surface area contributed by atoms with E-state index in [-0.39, 0.29) is 0 Å². The number of hydrogen-bond acceptors (Lipinski definition) is 2. The van der Waals surface area contributed by atoms with Crippen LogP contribution in [0.2, 0.25) is 0 Å². The standard InChI is InChI=1S/C18H29NO/c1-3-12-19-18(17-10-13-20-14-11-17)9-8-16-6-4-15(2)5-7-16/h4-7,17-19H,3,8-14H2,1-2H3. The summed E-state index contributed by atoms with van der Waals surface area (Å²) in [5.74, 6) is 0.792. The molecule has 0 aromatic heterocycles. The fraction of sp³-hybridized carbons (Fsp3) is 0.667. The zero-order chi connectivity index (χ0) is 14.2. The van der Waals surface area contributed by atoms with E-state index in [9.17, 15) is 0 Å². The van der Waals surface area contributed by atoms with Crippen molar-refractivity contribution in [2.45, 2.75) is 52.0 Å². The Morgan fingerprint density at radius 1 is 1.20 bits per heavy atom. The highest BCUT2D eigenvalue weighted by Gasteiger charge is 2.23. The van der Waals surface area contributed by atoms with Crippen molar-refractivity contribution in [1.82, 2.24) is 5.32 Å². The minimum Gasteiger partial charge on any atom is -0.381 e. The molecule has 2 nitrogen and oxygen atoms in total. The lowest BCUT2D eigenvalue weighted by atomic mass is 9.88. The summed E-state index contributed by atoms with van der Waals surface area (Å²) in [5.41, 5.74) is 2.81. The number of benzene rings is 1. The molecule has 2 rings (SSSR count). The monoisotopic (exact) mass is 275 g/mol. The van der Waals surface area contributed by atoms with Gasteiger partial charge in [0.15, 0.2) is 0 Å². The molecule has 0 saturated carbocycles. The van der Waals surface area contributed by atoms with Crippen molar-refractivity contribution in [2.24, 2.45) is 5.92 Å². The first kappa shape index (κ1) is 15.5. The molecule has 2 heteroatoms. The SMILES string of the molecule is CCCNC(CCc1ccc(C)cc1)C1CCOCC1. The highest BCUT2D eigenvalue weighted by Crippen LogP contribution is 2.22. The lowest BCUT2D eigenvalue weighted by Gasteiger charge is -2.31. The Hall–Kier alpha value is -0.860. The second-order valence-electron chi connectivity index (χ2n) is 6.03. The molecule has 0 bridgehead atoms. The van der Waals surface area contributed by atoms with E-state index in [2.05, 4.69) is 43.4 Å². The van der Waals surface area contributed by atoms with Gasteiger partial charge in [-0.05, 0) is 57.1 Å². The molecule has 1 aromatic rings. The predicted molar refractivity (Wildman–Crippen MR) is 85.1 cm³/mol. The van der Waals surface area contributed by atoms with Crippen molar-refractivity contribution in [3.8, 4) is 0 Å². The molecule has 1 aromatic carbocycles. The second kappa shape index (κ2) is 8.43. The smallest absolute Gasteiger partial charge is 0.0469 e. The number of nitrogens with one attached hydrogen (secondary N) is 1. The Morgan fingerprint density at radius 2 is 1.90 bits per heavy atom. The largest absolute Gasteiger partial charge is 0.381 e. The Kier molecular flexibility index (Phi) is 6.55. The lowest BCUT2D eigenvalue weighted by molar-refractivity contribution is 0.0526. The van der Waals surface area contributed by atoms with Crippen LogP contribution in [0.25, 0.3) is 0 Å². The summed E-state index contributed by atoms with van der Waals surface area (Å²) >= 11 is 0. The molecule has 1 heterocycles. The summed E-state index contributed by atoms with van der Waals surface area (Å²) in [7, 11) is 0. The molecular formula is C18H29NO. The van der Waals surface area contributed by atoms with Crippen molar-refractivity contribution >= 4 is 0 Å². The molecule has 1 atom stereocenters. The van der Waals surface area contributed by atoms with E-state index in [1.54, 1.807) is 0 Å². The predicted octanol–water partition coefficient (Wildman–Crippen LogP) is 3.72. The van der Waals surface area contributed by atoms with Gasteiger partial charge >= 0.3 is 0 Å². The third-order valence-electron chi connectivity index (χ3n) is 4.36. The Balaban J connectivity index is 1.87. The first-order chi connectivity index (χ1) is 9.79. The molecule has 1 aliphatic rings. The molecular weight excluding hydrogens is 246 g/mol. The van der Waals surface area contributed by atoms with Crippen LogP contribution in [0.4, 0.5) is 0 Å². The fourth-order valence-electron chi connectivity index (χ4n) is 3.03. The van der Waals surface area contributed by atoms with Crippen molar-refractivity contribution < 1.29 is 4.74 Å². The van der Waals surface area contributed by atoms with Gasteiger partial charge in [0.25, 0.3) is 0 Å². The van der Waals surface area contributed by atoms with Crippen LogP contribution in [0.1, 0.15) is 43.7 Å². The maximum absolute atomic E-state index is 5.50. The summed E-state index contributed by atoms with van der Waals surface area (Å²) < 4.78 is 5.50. The molecule has 0 spiro atoms. The van der Waals surface area contributed by atoms with E-state index < -0.39 is 0 Å². The van der Waals surface area contributed by atoms with Crippen molar-refractivity contribution in [3.05, 3.63) is 35.4 Å². The third-order valence-corrected chi connectivity index (χ3v) is 4.36. The van der Waals surface area contributed by atoms with E-state index in [0.717, 1.165) is 25.7 Å². The minimum atomic E-state index is 0.653. The van der Waals surface area contributed by atoms with E-state index >= 15 is 0 Å². The van der Waals surface area contributed by atoms with Crippen LogP contribution in [-0.2, 0) is 11.2 Å². The summed E-state index contributed by atoms with van der Waals surface area (Å²) in [6, 6.07) is 9.64. The van der Waals surface area contributed by atoms with Crippen molar-refractivity contribution in [2.75, 3.05) is 19.8 Å². The first-order valence-corrected chi connectivity index (χ1v) is 8.16. The van der Waals surface area contributed by atoms with Gasteiger partial charge in [-0.2, -0.15) is 0 Å². The number of rotatable bonds is 7. The highest BCUT2D eigenvalue weighted by molar-refractivity contribution is 5.21. The molecule has 1 N–H and O–H groups in total. The highest BCUT2D eigenvalue weighted by atomic mass is 16.5. The van der Waals surface area contributed by atoms with Gasteiger partial charge in [-0.3, -0.25) is 0 Å². The van der Waals surface area contributed by atoms with Crippen LogP contribution in [0.3, 0.4) is 0 Å². The quantitative estimate of drug-likeness (QED) is 0.819. The van der Waals surface area contributed by atoms with Crippen LogP contribution < -0.4 is 5.32 Å². The molecule has 0 radical (unpaired) electrons. The van der Waals surface area contributed by atoms with Gasteiger partial charge in [0.2, 0.25) is 0 Å². The Bertz CT molecular complexity index is 368. The van der Waals surface area contributed by atoms with Crippen LogP contribution >= 0.6 is 0 Å². The molecule has 1 unspecified atom stereocenters. The topological polar surface area (TPSA) is 21.3 Å². The Morgan fingerprint density at radius 3 is 2.55 bits per heavy atom. The second-order valence-corrected chi connectivity index (χ2v) is 6.03. The molecule has 1 fully saturated rings. The normalized spacial score (nSPS) is 18.1. The van der Waals surface area contributed by atoms with Gasteiger partial charge in [-0.15, -0.1) is 0 Å². The summed E-state index contributed by atoms with van der Waals surface area (Å²) in [6.07, 6.45) is 6.07. The average molecular weight is 275 g/mol. The van der Waals surface area contributed by atoms with Gasteiger partial charge in [0, 0.05) is 19.3 Å². The number of aryl methyl sites for hydroxylation is 2. The maximum atomic E-state index is 5.50. The Labute approximate surface area is 123 Å². The molecule has 0 aliphatic carbocycles. The van der Waals surface area contributed by atoms with Crippen LogP contribution in [-0.4, -0.2) is 25.8 Å². The molecule has 112 valence electrons. The van der Waals surface area contributed by atoms with Crippen LogP contribution in [0.5, 0.6) is 0 Å². The summed E-state index contributed by atoms with van der Waals surface area (Å²) in [6.45, 7) is 7.42. The summed E-state index contributed by atoms with van der Waals surface area (Å²) in [5, 5.41) is 3.77. The van der Waals surface area contributed by atoms with Crippen molar-refractivity contribution in [1.29, 1.82) is 0 Å². The van der Waals surface area contributed by atoms with Gasteiger partial charge in [0.1, 0.15) is 0 Å². The number of hydrogen-bond donors (Lipinski definition) is 1. The zero-order valence-electron chi connectivity index (χ0n) is 13.0.